The minimum atomic E-state index is 0.405. The molecule has 2 rings (SSSR count). The van der Waals surface area contributed by atoms with E-state index in [9.17, 15) is 0 Å². The maximum atomic E-state index is 8.87. The quantitative estimate of drug-likeness (QED) is 0.741. The van der Waals surface area contributed by atoms with Crippen LogP contribution in [0.25, 0.3) is 0 Å². The lowest BCUT2D eigenvalue weighted by Crippen LogP contribution is -2.24. The Bertz CT molecular complexity index is 623. The van der Waals surface area contributed by atoms with Crippen LogP contribution in [0.2, 0.25) is 5.02 Å². The van der Waals surface area contributed by atoms with E-state index in [0.717, 1.165) is 16.8 Å². The molecule has 0 N–H and O–H groups in total. The van der Waals surface area contributed by atoms with Crippen molar-refractivity contribution in [3.05, 3.63) is 58.9 Å². The summed E-state index contributed by atoms with van der Waals surface area (Å²) in [5.74, 6) is 0.405. The van der Waals surface area contributed by atoms with Crippen LogP contribution in [0.3, 0.4) is 0 Å². The van der Waals surface area contributed by atoms with E-state index in [1.807, 2.05) is 36.5 Å². The lowest BCUT2D eigenvalue weighted by Gasteiger charge is -2.26. The molecule has 21 heavy (non-hydrogen) atoms. The average molecular weight is 320 g/mol. The highest BCUT2D eigenvalue weighted by Gasteiger charge is 2.12. The van der Waals surface area contributed by atoms with E-state index in [1.165, 1.54) is 0 Å². The zero-order valence-corrected chi connectivity index (χ0v) is 13.0. The number of nitrogens with zero attached hydrogens (tertiary/aromatic N) is 3. The summed E-state index contributed by atoms with van der Waals surface area (Å²) in [5, 5.41) is 9.53. The third kappa shape index (κ3) is 4.35. The van der Waals surface area contributed by atoms with Gasteiger partial charge in [-0.15, -0.1) is 11.6 Å². The lowest BCUT2D eigenvalue weighted by atomic mass is 10.1. The number of nitriles is 1. The molecule has 0 aliphatic rings. The van der Waals surface area contributed by atoms with Crippen molar-refractivity contribution < 1.29 is 0 Å². The van der Waals surface area contributed by atoms with Gasteiger partial charge < -0.3 is 4.90 Å². The van der Waals surface area contributed by atoms with E-state index in [-0.39, 0.29) is 0 Å². The number of alkyl halides is 1. The van der Waals surface area contributed by atoms with Crippen LogP contribution >= 0.6 is 23.2 Å². The smallest absolute Gasteiger partial charge is 0.0640 e. The molecule has 0 saturated carbocycles. The molecule has 0 bridgehead atoms. The third-order valence-corrected chi connectivity index (χ3v) is 3.64. The van der Waals surface area contributed by atoms with Gasteiger partial charge in [0.1, 0.15) is 0 Å². The fraction of sp³-hybridized carbons (Fsp3) is 0.250. The van der Waals surface area contributed by atoms with E-state index < -0.39 is 0 Å². The Hall–Kier alpha value is -1.76. The highest BCUT2D eigenvalue weighted by molar-refractivity contribution is 6.31. The molecule has 2 aromatic rings. The van der Waals surface area contributed by atoms with E-state index in [2.05, 4.69) is 16.0 Å². The monoisotopic (exact) mass is 319 g/mol. The van der Waals surface area contributed by atoms with Crippen LogP contribution < -0.4 is 4.90 Å². The first-order valence-electron chi connectivity index (χ1n) is 6.60. The van der Waals surface area contributed by atoms with Crippen LogP contribution in [0, 0.1) is 11.3 Å². The summed E-state index contributed by atoms with van der Waals surface area (Å²) in [6.07, 6.45) is 4.01. The van der Waals surface area contributed by atoms with Gasteiger partial charge in [0, 0.05) is 42.1 Å². The van der Waals surface area contributed by atoms with Gasteiger partial charge in [0.25, 0.3) is 0 Å². The van der Waals surface area contributed by atoms with Crippen molar-refractivity contribution in [2.24, 2.45) is 0 Å². The molecule has 0 unspecified atom stereocenters. The summed E-state index contributed by atoms with van der Waals surface area (Å²) in [5.41, 5.74) is 3.05. The molecule has 1 aromatic carbocycles. The first kappa shape index (κ1) is 15.6. The standard InChI is InChI=1S/C16H15Cl2N3/c17-10-14-4-5-15(18)9-16(14)21(8-2-6-19)12-13-3-1-7-20-11-13/h1,3-5,7,9,11H,2,8,10,12H2. The van der Waals surface area contributed by atoms with Gasteiger partial charge in [0.05, 0.1) is 12.5 Å². The maximum absolute atomic E-state index is 8.87. The van der Waals surface area contributed by atoms with Crippen LogP contribution in [0.1, 0.15) is 17.5 Å². The highest BCUT2D eigenvalue weighted by Crippen LogP contribution is 2.27. The van der Waals surface area contributed by atoms with Crippen molar-refractivity contribution in [3.63, 3.8) is 0 Å². The molecule has 0 radical (unpaired) electrons. The van der Waals surface area contributed by atoms with Crippen molar-refractivity contribution in [2.75, 3.05) is 11.4 Å². The van der Waals surface area contributed by atoms with Crippen LogP contribution in [0.5, 0.6) is 0 Å². The Labute approximate surface area is 134 Å². The van der Waals surface area contributed by atoms with E-state index in [0.29, 0.717) is 30.4 Å². The number of hydrogen-bond donors (Lipinski definition) is 0. The predicted octanol–water partition coefficient (Wildman–Crippen LogP) is 4.39. The number of benzene rings is 1. The molecule has 0 fully saturated rings. The van der Waals surface area contributed by atoms with Crippen LogP contribution in [-0.4, -0.2) is 11.5 Å². The number of hydrogen-bond acceptors (Lipinski definition) is 3. The Morgan fingerprint density at radius 2 is 2.14 bits per heavy atom. The zero-order valence-electron chi connectivity index (χ0n) is 11.5. The minimum Gasteiger partial charge on any atom is -0.366 e. The normalized spacial score (nSPS) is 10.1. The van der Waals surface area contributed by atoms with Crippen molar-refractivity contribution >= 4 is 28.9 Å². The van der Waals surface area contributed by atoms with Crippen molar-refractivity contribution in [2.45, 2.75) is 18.8 Å². The van der Waals surface area contributed by atoms with Crippen LogP contribution in [0.15, 0.2) is 42.7 Å². The molecule has 5 heteroatoms. The molecule has 0 amide bonds. The summed E-state index contributed by atoms with van der Waals surface area (Å²) in [7, 11) is 0. The minimum absolute atomic E-state index is 0.405. The second-order valence-corrected chi connectivity index (χ2v) is 5.30. The fourth-order valence-electron chi connectivity index (χ4n) is 2.13. The summed E-state index contributed by atoms with van der Waals surface area (Å²) in [6.45, 7) is 1.29. The Balaban J connectivity index is 2.31. The van der Waals surface area contributed by atoms with Crippen molar-refractivity contribution in [1.82, 2.24) is 4.98 Å². The molecule has 0 atom stereocenters. The first-order chi connectivity index (χ1) is 10.2. The van der Waals surface area contributed by atoms with Gasteiger partial charge in [0.2, 0.25) is 0 Å². The van der Waals surface area contributed by atoms with E-state index >= 15 is 0 Å². The highest BCUT2D eigenvalue weighted by atomic mass is 35.5. The molecule has 0 spiro atoms. The molecular formula is C16H15Cl2N3. The Morgan fingerprint density at radius 3 is 2.81 bits per heavy atom. The Morgan fingerprint density at radius 1 is 1.29 bits per heavy atom. The molecular weight excluding hydrogens is 305 g/mol. The molecule has 3 nitrogen and oxygen atoms in total. The van der Waals surface area contributed by atoms with Gasteiger partial charge >= 0.3 is 0 Å². The summed E-state index contributed by atoms with van der Waals surface area (Å²) in [4.78, 5) is 6.24. The van der Waals surface area contributed by atoms with Gasteiger partial charge in [-0.3, -0.25) is 4.98 Å². The van der Waals surface area contributed by atoms with Gasteiger partial charge in [0.15, 0.2) is 0 Å². The number of anilines is 1. The van der Waals surface area contributed by atoms with E-state index in [1.54, 1.807) is 6.20 Å². The Kier molecular flexibility index (Phi) is 5.86. The summed E-state index contributed by atoms with van der Waals surface area (Å²) >= 11 is 12.1. The van der Waals surface area contributed by atoms with Crippen molar-refractivity contribution in [1.29, 1.82) is 5.26 Å². The second kappa shape index (κ2) is 7.87. The van der Waals surface area contributed by atoms with Gasteiger partial charge in [-0.1, -0.05) is 23.7 Å². The second-order valence-electron chi connectivity index (χ2n) is 4.60. The summed E-state index contributed by atoms with van der Waals surface area (Å²) < 4.78 is 0. The first-order valence-corrected chi connectivity index (χ1v) is 7.51. The summed E-state index contributed by atoms with van der Waals surface area (Å²) in [6, 6.07) is 11.7. The number of halogens is 2. The lowest BCUT2D eigenvalue weighted by molar-refractivity contribution is 0.791. The van der Waals surface area contributed by atoms with Gasteiger partial charge in [-0.2, -0.15) is 5.26 Å². The number of rotatable bonds is 6. The number of pyridine rings is 1. The largest absolute Gasteiger partial charge is 0.366 e. The third-order valence-electron chi connectivity index (χ3n) is 3.12. The molecule has 1 heterocycles. The van der Waals surface area contributed by atoms with E-state index in [4.69, 9.17) is 28.5 Å². The zero-order chi connectivity index (χ0) is 15.1. The van der Waals surface area contributed by atoms with Crippen LogP contribution in [0.4, 0.5) is 5.69 Å². The molecule has 108 valence electrons. The van der Waals surface area contributed by atoms with Gasteiger partial charge in [-0.05, 0) is 29.3 Å². The SMILES string of the molecule is N#CCCN(Cc1cccnc1)c1cc(Cl)ccc1CCl. The average Bonchev–Trinajstić information content (AvgIpc) is 2.52. The number of aromatic nitrogens is 1. The molecule has 0 aliphatic carbocycles. The van der Waals surface area contributed by atoms with Crippen LogP contribution in [-0.2, 0) is 12.4 Å². The molecule has 0 saturated heterocycles. The maximum Gasteiger partial charge on any atom is 0.0640 e. The van der Waals surface area contributed by atoms with Gasteiger partial charge in [-0.25, -0.2) is 0 Å². The molecule has 0 aliphatic heterocycles. The molecule has 1 aromatic heterocycles. The van der Waals surface area contributed by atoms with Crippen molar-refractivity contribution in [3.8, 4) is 6.07 Å². The topological polar surface area (TPSA) is 39.9 Å². The fourth-order valence-corrected chi connectivity index (χ4v) is 2.52. The predicted molar refractivity (Wildman–Crippen MR) is 86.5 cm³/mol.